The molecule has 21 heavy (non-hydrogen) atoms. The largest absolute Gasteiger partial charge is 0.480 e. The minimum Gasteiger partial charge on any atom is -0.480 e. The van der Waals surface area contributed by atoms with E-state index in [4.69, 9.17) is 28.3 Å². The minimum absolute atomic E-state index is 0.0206. The molecule has 110 valence electrons. The van der Waals surface area contributed by atoms with Gasteiger partial charge in [0.15, 0.2) is 5.69 Å². The summed E-state index contributed by atoms with van der Waals surface area (Å²) in [6.07, 6.45) is 0. The summed E-state index contributed by atoms with van der Waals surface area (Å²) in [4.78, 5) is 22.3. The maximum absolute atomic E-state index is 11.8. The maximum atomic E-state index is 11.8. The lowest BCUT2D eigenvalue weighted by molar-refractivity contribution is -0.135. The average molecular weight is 329 g/mol. The number of aliphatic carboxylic acids is 1. The van der Waals surface area contributed by atoms with Crippen LogP contribution < -0.4 is 5.32 Å². The normalized spacial score (nSPS) is 10.4. The van der Waals surface area contributed by atoms with Crippen LogP contribution in [0.3, 0.4) is 0 Å². The summed E-state index contributed by atoms with van der Waals surface area (Å²) in [6.45, 7) is 1.12. The number of hydrogen-bond acceptors (Lipinski definition) is 4. The van der Waals surface area contributed by atoms with E-state index in [1.807, 2.05) is 0 Å². The van der Waals surface area contributed by atoms with Crippen molar-refractivity contribution in [2.45, 2.75) is 6.92 Å². The van der Waals surface area contributed by atoms with E-state index in [0.717, 1.165) is 0 Å². The number of rotatable bonds is 4. The van der Waals surface area contributed by atoms with Gasteiger partial charge in [-0.15, -0.1) is 5.10 Å². The molecule has 0 unspecified atom stereocenters. The first kappa shape index (κ1) is 15.3. The summed E-state index contributed by atoms with van der Waals surface area (Å²) in [5, 5.41) is 19.2. The molecule has 0 saturated carbocycles. The van der Waals surface area contributed by atoms with Crippen molar-refractivity contribution in [2.24, 2.45) is 0 Å². The van der Waals surface area contributed by atoms with E-state index < -0.39 is 18.4 Å². The summed E-state index contributed by atoms with van der Waals surface area (Å²) in [5.41, 5.74) is 0.917. The fourth-order valence-electron chi connectivity index (χ4n) is 1.66. The molecule has 9 heteroatoms. The van der Waals surface area contributed by atoms with Gasteiger partial charge in [-0.05, 0) is 25.1 Å². The highest BCUT2D eigenvalue weighted by molar-refractivity contribution is 6.34. The van der Waals surface area contributed by atoms with Crippen molar-refractivity contribution in [3.05, 3.63) is 39.6 Å². The Balaban J connectivity index is 2.34. The van der Waals surface area contributed by atoms with E-state index in [2.05, 4.69) is 15.6 Å². The Labute approximate surface area is 129 Å². The van der Waals surface area contributed by atoms with Gasteiger partial charge in [0.2, 0.25) is 0 Å². The van der Waals surface area contributed by atoms with Crippen LogP contribution in [0.5, 0.6) is 0 Å². The molecule has 0 spiro atoms. The molecule has 0 atom stereocenters. The standard InChI is InChI=1S/C12H10Cl2N4O3/c1-6-11(12(21)15-5-10(19)20)16-17-18(6)9-4-7(13)2-3-8(9)14/h2-4H,5H2,1H3,(H,15,21)(H,19,20). The van der Waals surface area contributed by atoms with Crippen LogP contribution in [0.1, 0.15) is 16.2 Å². The Morgan fingerprint density at radius 1 is 1.38 bits per heavy atom. The maximum Gasteiger partial charge on any atom is 0.322 e. The number of aromatic nitrogens is 3. The van der Waals surface area contributed by atoms with Crippen molar-refractivity contribution in [3.63, 3.8) is 0 Å². The van der Waals surface area contributed by atoms with Crippen molar-refractivity contribution < 1.29 is 14.7 Å². The van der Waals surface area contributed by atoms with E-state index in [0.29, 0.717) is 21.4 Å². The number of benzene rings is 1. The van der Waals surface area contributed by atoms with Crippen LogP contribution in [0.4, 0.5) is 0 Å². The SMILES string of the molecule is Cc1c(C(=O)NCC(=O)O)nnn1-c1cc(Cl)ccc1Cl. The summed E-state index contributed by atoms with van der Waals surface area (Å²) in [5.74, 6) is -1.77. The van der Waals surface area contributed by atoms with E-state index in [-0.39, 0.29) is 5.69 Å². The van der Waals surface area contributed by atoms with Crippen molar-refractivity contribution in [2.75, 3.05) is 6.54 Å². The van der Waals surface area contributed by atoms with E-state index >= 15 is 0 Å². The molecule has 2 aromatic rings. The van der Waals surface area contributed by atoms with Gasteiger partial charge in [-0.2, -0.15) is 0 Å². The molecular weight excluding hydrogens is 319 g/mol. The average Bonchev–Trinajstić information content (AvgIpc) is 2.80. The molecule has 2 rings (SSSR count). The first-order chi connectivity index (χ1) is 9.90. The molecule has 1 amide bonds. The second-order valence-corrected chi connectivity index (χ2v) is 4.95. The third-order valence-electron chi connectivity index (χ3n) is 2.65. The van der Waals surface area contributed by atoms with Gasteiger partial charge in [0.1, 0.15) is 6.54 Å². The number of nitrogens with zero attached hydrogens (tertiary/aromatic N) is 3. The second-order valence-electron chi connectivity index (χ2n) is 4.11. The van der Waals surface area contributed by atoms with Crippen LogP contribution >= 0.6 is 23.2 Å². The molecule has 2 N–H and O–H groups in total. The van der Waals surface area contributed by atoms with Gasteiger partial charge in [0.25, 0.3) is 5.91 Å². The number of hydrogen-bond donors (Lipinski definition) is 2. The first-order valence-corrected chi connectivity index (χ1v) is 6.53. The van der Waals surface area contributed by atoms with Crippen LogP contribution in [0.15, 0.2) is 18.2 Å². The lowest BCUT2D eigenvalue weighted by Gasteiger charge is -2.06. The van der Waals surface area contributed by atoms with E-state index in [1.165, 1.54) is 4.68 Å². The Bertz CT molecular complexity index is 715. The molecule has 1 aromatic carbocycles. The predicted octanol–water partition coefficient (Wildman–Crippen LogP) is 1.70. The third kappa shape index (κ3) is 3.32. The molecule has 0 bridgehead atoms. The molecule has 1 aromatic heterocycles. The van der Waals surface area contributed by atoms with Crippen LogP contribution in [-0.4, -0.2) is 38.5 Å². The summed E-state index contributed by atoms with van der Waals surface area (Å²) < 4.78 is 1.36. The highest BCUT2D eigenvalue weighted by Crippen LogP contribution is 2.25. The zero-order valence-electron chi connectivity index (χ0n) is 10.8. The van der Waals surface area contributed by atoms with Gasteiger partial charge < -0.3 is 10.4 Å². The van der Waals surface area contributed by atoms with Crippen LogP contribution in [0, 0.1) is 6.92 Å². The number of carboxylic acid groups (broad SMARTS) is 1. The molecular formula is C12H10Cl2N4O3. The number of halogens is 2. The smallest absolute Gasteiger partial charge is 0.322 e. The van der Waals surface area contributed by atoms with Gasteiger partial charge in [-0.25, -0.2) is 4.68 Å². The molecule has 0 aliphatic rings. The fraction of sp³-hybridized carbons (Fsp3) is 0.167. The van der Waals surface area contributed by atoms with Crippen molar-refractivity contribution >= 4 is 35.1 Å². The zero-order valence-corrected chi connectivity index (χ0v) is 12.3. The second kappa shape index (κ2) is 6.11. The third-order valence-corrected chi connectivity index (χ3v) is 3.20. The lowest BCUT2D eigenvalue weighted by atomic mass is 10.3. The fourth-order valence-corrected chi connectivity index (χ4v) is 2.02. The van der Waals surface area contributed by atoms with Crippen molar-refractivity contribution in [1.29, 1.82) is 0 Å². The molecule has 0 fully saturated rings. The van der Waals surface area contributed by atoms with Crippen LogP contribution in [-0.2, 0) is 4.79 Å². The van der Waals surface area contributed by atoms with Gasteiger partial charge in [-0.3, -0.25) is 9.59 Å². The molecule has 0 radical (unpaired) electrons. The number of nitrogens with one attached hydrogen (secondary N) is 1. The van der Waals surface area contributed by atoms with Gasteiger partial charge >= 0.3 is 5.97 Å². The van der Waals surface area contributed by atoms with Crippen molar-refractivity contribution in [1.82, 2.24) is 20.3 Å². The highest BCUT2D eigenvalue weighted by atomic mass is 35.5. The minimum atomic E-state index is -1.15. The quantitative estimate of drug-likeness (QED) is 0.890. The Hall–Kier alpha value is -2.12. The highest BCUT2D eigenvalue weighted by Gasteiger charge is 2.19. The predicted molar refractivity (Wildman–Crippen MR) is 76.1 cm³/mol. The van der Waals surface area contributed by atoms with Crippen LogP contribution in [0.25, 0.3) is 5.69 Å². The molecule has 0 aliphatic carbocycles. The van der Waals surface area contributed by atoms with Crippen molar-refractivity contribution in [3.8, 4) is 5.69 Å². The number of carbonyl (C=O) groups is 2. The Morgan fingerprint density at radius 3 is 2.76 bits per heavy atom. The van der Waals surface area contributed by atoms with Crippen LogP contribution in [0.2, 0.25) is 10.0 Å². The van der Waals surface area contributed by atoms with E-state index in [9.17, 15) is 9.59 Å². The first-order valence-electron chi connectivity index (χ1n) is 5.78. The lowest BCUT2D eigenvalue weighted by Crippen LogP contribution is -2.30. The molecule has 0 aliphatic heterocycles. The van der Waals surface area contributed by atoms with Gasteiger partial charge in [0, 0.05) is 5.02 Å². The molecule has 0 saturated heterocycles. The Kier molecular flexibility index (Phi) is 4.44. The van der Waals surface area contributed by atoms with E-state index in [1.54, 1.807) is 25.1 Å². The summed E-state index contributed by atoms with van der Waals surface area (Å²) in [6, 6.07) is 4.81. The zero-order chi connectivity index (χ0) is 15.6. The molecule has 1 heterocycles. The number of carbonyl (C=O) groups excluding carboxylic acids is 1. The topological polar surface area (TPSA) is 97.1 Å². The molecule has 7 nitrogen and oxygen atoms in total. The van der Waals surface area contributed by atoms with Gasteiger partial charge in [-0.1, -0.05) is 28.4 Å². The summed E-state index contributed by atoms with van der Waals surface area (Å²) in [7, 11) is 0. The summed E-state index contributed by atoms with van der Waals surface area (Å²) >= 11 is 12.0. The van der Waals surface area contributed by atoms with Gasteiger partial charge in [0.05, 0.1) is 16.4 Å². The Morgan fingerprint density at radius 2 is 2.10 bits per heavy atom. The number of carboxylic acids is 1. The monoisotopic (exact) mass is 328 g/mol. The number of amides is 1.